The molecular formula is C60H39NO. The molecule has 11 aromatic carbocycles. The van der Waals surface area contributed by atoms with Crippen LogP contribution in [0.1, 0.15) is 0 Å². The molecule has 0 saturated carbocycles. The van der Waals surface area contributed by atoms with Crippen molar-refractivity contribution in [1.82, 2.24) is 0 Å². The van der Waals surface area contributed by atoms with Gasteiger partial charge >= 0.3 is 0 Å². The largest absolute Gasteiger partial charge is 0.455 e. The first kappa shape index (κ1) is 35.7. The highest BCUT2D eigenvalue weighted by molar-refractivity contribution is 6.18. The molecule has 62 heavy (non-hydrogen) atoms. The summed E-state index contributed by atoms with van der Waals surface area (Å²) in [6, 6.07) is 85.5. The van der Waals surface area contributed by atoms with E-state index in [1.165, 1.54) is 49.0 Å². The molecule has 0 atom stereocenters. The molecule has 12 rings (SSSR count). The zero-order valence-corrected chi connectivity index (χ0v) is 33.9. The number of hydrogen-bond donors (Lipinski definition) is 0. The van der Waals surface area contributed by atoms with Gasteiger partial charge in [-0.2, -0.15) is 0 Å². The number of hydrogen-bond acceptors (Lipinski definition) is 2. The van der Waals surface area contributed by atoms with Crippen molar-refractivity contribution >= 4 is 71.3 Å². The second-order valence-electron chi connectivity index (χ2n) is 16.0. The second kappa shape index (κ2) is 14.8. The SMILES string of the molecule is c1ccc(-c2ccccc2-c2ccccc2N(c2cccc(-c3cc4ccccc4c4ccccc34)c2)c2ccc(-c3ccc4ccccc4c3)c3oc4ccccc4c23)cc1. The monoisotopic (exact) mass is 789 g/mol. The molecule has 0 unspecified atom stereocenters. The Morgan fingerprint density at radius 2 is 0.919 bits per heavy atom. The maximum Gasteiger partial charge on any atom is 0.145 e. The molecule has 1 heterocycles. The van der Waals surface area contributed by atoms with E-state index in [9.17, 15) is 0 Å². The maximum absolute atomic E-state index is 6.96. The van der Waals surface area contributed by atoms with E-state index in [0.29, 0.717) is 0 Å². The van der Waals surface area contributed by atoms with Crippen molar-refractivity contribution in [3.05, 3.63) is 237 Å². The van der Waals surface area contributed by atoms with Crippen LogP contribution in [0.25, 0.3) is 98.8 Å². The predicted octanol–water partition coefficient (Wildman–Crippen LogP) is 17.2. The van der Waals surface area contributed by atoms with Gasteiger partial charge in [-0.1, -0.05) is 188 Å². The third-order valence-corrected chi connectivity index (χ3v) is 12.4. The van der Waals surface area contributed by atoms with E-state index in [1.54, 1.807) is 0 Å². The summed E-state index contributed by atoms with van der Waals surface area (Å²) in [5.41, 5.74) is 14.1. The van der Waals surface area contributed by atoms with Gasteiger partial charge in [-0.3, -0.25) is 0 Å². The number of furan rings is 1. The Labute approximate surface area is 360 Å². The first-order chi connectivity index (χ1) is 30.8. The predicted molar refractivity (Wildman–Crippen MR) is 263 cm³/mol. The number of anilines is 3. The van der Waals surface area contributed by atoms with Crippen molar-refractivity contribution in [2.24, 2.45) is 0 Å². The zero-order valence-electron chi connectivity index (χ0n) is 33.9. The number of para-hydroxylation sites is 2. The summed E-state index contributed by atoms with van der Waals surface area (Å²) >= 11 is 0. The average Bonchev–Trinajstić information content (AvgIpc) is 3.74. The Balaban J connectivity index is 1.15. The van der Waals surface area contributed by atoms with E-state index >= 15 is 0 Å². The molecule has 2 nitrogen and oxygen atoms in total. The summed E-state index contributed by atoms with van der Waals surface area (Å²) in [4.78, 5) is 2.46. The molecule has 1 aromatic heterocycles. The van der Waals surface area contributed by atoms with Gasteiger partial charge in [-0.25, -0.2) is 0 Å². The quantitative estimate of drug-likeness (QED) is 0.150. The lowest BCUT2D eigenvalue weighted by molar-refractivity contribution is 0.670. The normalized spacial score (nSPS) is 11.5. The maximum atomic E-state index is 6.96. The van der Waals surface area contributed by atoms with Crippen molar-refractivity contribution in [3.8, 4) is 44.5 Å². The smallest absolute Gasteiger partial charge is 0.145 e. The molecule has 0 amide bonds. The topological polar surface area (TPSA) is 16.4 Å². The Kier molecular flexibility index (Phi) is 8.53. The minimum Gasteiger partial charge on any atom is -0.455 e. The van der Waals surface area contributed by atoms with Crippen molar-refractivity contribution in [2.75, 3.05) is 4.90 Å². The molecule has 0 spiro atoms. The van der Waals surface area contributed by atoms with Gasteiger partial charge in [-0.05, 0) is 114 Å². The van der Waals surface area contributed by atoms with Gasteiger partial charge in [-0.15, -0.1) is 0 Å². The van der Waals surface area contributed by atoms with Gasteiger partial charge in [0.1, 0.15) is 11.2 Å². The van der Waals surface area contributed by atoms with Crippen LogP contribution in [0.4, 0.5) is 17.1 Å². The third kappa shape index (κ3) is 5.96. The lowest BCUT2D eigenvalue weighted by atomic mass is 9.92. The van der Waals surface area contributed by atoms with Crippen LogP contribution >= 0.6 is 0 Å². The van der Waals surface area contributed by atoms with Gasteiger partial charge < -0.3 is 9.32 Å². The van der Waals surface area contributed by atoms with Gasteiger partial charge in [0, 0.05) is 22.2 Å². The molecular weight excluding hydrogens is 751 g/mol. The van der Waals surface area contributed by atoms with Gasteiger partial charge in [0.15, 0.2) is 0 Å². The molecule has 12 aromatic rings. The van der Waals surface area contributed by atoms with Crippen LogP contribution in [0.2, 0.25) is 0 Å². The van der Waals surface area contributed by atoms with Gasteiger partial charge in [0.2, 0.25) is 0 Å². The summed E-state index contributed by atoms with van der Waals surface area (Å²) in [5, 5.41) is 9.52. The highest BCUT2D eigenvalue weighted by Gasteiger charge is 2.25. The average molecular weight is 790 g/mol. The minimum absolute atomic E-state index is 0.857. The van der Waals surface area contributed by atoms with Gasteiger partial charge in [0.05, 0.1) is 16.8 Å². The summed E-state index contributed by atoms with van der Waals surface area (Å²) in [5.74, 6) is 0. The number of nitrogens with zero attached hydrogens (tertiary/aromatic N) is 1. The van der Waals surface area contributed by atoms with E-state index in [2.05, 4.69) is 241 Å². The fraction of sp³-hybridized carbons (Fsp3) is 0. The molecule has 0 radical (unpaired) electrons. The summed E-state index contributed by atoms with van der Waals surface area (Å²) < 4.78 is 6.96. The Bertz CT molecular complexity index is 3650. The first-order valence-electron chi connectivity index (χ1n) is 21.3. The first-order valence-corrected chi connectivity index (χ1v) is 21.3. The van der Waals surface area contributed by atoms with E-state index in [-0.39, 0.29) is 0 Å². The number of benzene rings is 11. The molecule has 0 bridgehead atoms. The summed E-state index contributed by atoms with van der Waals surface area (Å²) in [6.45, 7) is 0. The number of fused-ring (bicyclic) bond motifs is 7. The molecule has 2 heteroatoms. The summed E-state index contributed by atoms with van der Waals surface area (Å²) in [7, 11) is 0. The molecule has 0 fully saturated rings. The van der Waals surface area contributed by atoms with Gasteiger partial charge in [0.25, 0.3) is 0 Å². The highest BCUT2D eigenvalue weighted by atomic mass is 16.3. The van der Waals surface area contributed by atoms with E-state index in [0.717, 1.165) is 66.8 Å². The number of rotatable bonds is 7. The van der Waals surface area contributed by atoms with Crippen LogP contribution in [0.15, 0.2) is 241 Å². The zero-order chi connectivity index (χ0) is 41.0. The standard InChI is InChI=1S/C60H39NO/c1-2-18-41(19-3-1)47-24-8-9-27-51(47)53-29-12-14-31-56(53)61(46-23-16-22-43(38-46)55-39-44-21-6-7-25-48(44)50-26-10-11-28-52(50)55)57-36-35-49(45-34-33-40-17-4-5-20-42(40)37-45)60-59(57)54-30-13-15-32-58(54)62-60/h1-39H. The Morgan fingerprint density at radius 1 is 0.290 bits per heavy atom. The molecule has 0 aliphatic rings. The fourth-order valence-electron chi connectivity index (χ4n) is 9.58. The fourth-order valence-corrected chi connectivity index (χ4v) is 9.58. The molecule has 0 aliphatic heterocycles. The van der Waals surface area contributed by atoms with Crippen LogP contribution in [0.5, 0.6) is 0 Å². The van der Waals surface area contributed by atoms with Crippen molar-refractivity contribution in [2.45, 2.75) is 0 Å². The third-order valence-electron chi connectivity index (χ3n) is 12.4. The molecule has 0 saturated heterocycles. The van der Waals surface area contributed by atoms with Crippen molar-refractivity contribution < 1.29 is 4.42 Å². The Hall–Kier alpha value is -8.20. The van der Waals surface area contributed by atoms with Crippen LogP contribution in [0.3, 0.4) is 0 Å². The van der Waals surface area contributed by atoms with E-state index < -0.39 is 0 Å². The Morgan fingerprint density at radius 3 is 1.77 bits per heavy atom. The van der Waals surface area contributed by atoms with Crippen LogP contribution in [-0.4, -0.2) is 0 Å². The lowest BCUT2D eigenvalue weighted by Gasteiger charge is -2.30. The lowest BCUT2D eigenvalue weighted by Crippen LogP contribution is -2.12. The highest BCUT2D eigenvalue weighted by Crippen LogP contribution is 2.50. The van der Waals surface area contributed by atoms with Crippen LogP contribution < -0.4 is 4.90 Å². The molecule has 0 N–H and O–H groups in total. The van der Waals surface area contributed by atoms with Crippen LogP contribution in [-0.2, 0) is 0 Å². The van der Waals surface area contributed by atoms with E-state index in [1.807, 2.05) is 0 Å². The minimum atomic E-state index is 0.857. The van der Waals surface area contributed by atoms with E-state index in [4.69, 9.17) is 4.42 Å². The molecule has 0 aliphatic carbocycles. The second-order valence-corrected chi connectivity index (χ2v) is 16.0. The summed E-state index contributed by atoms with van der Waals surface area (Å²) in [6.07, 6.45) is 0. The molecule has 290 valence electrons. The van der Waals surface area contributed by atoms with Crippen LogP contribution in [0, 0.1) is 0 Å². The van der Waals surface area contributed by atoms with Crippen molar-refractivity contribution in [3.63, 3.8) is 0 Å². The van der Waals surface area contributed by atoms with Crippen molar-refractivity contribution in [1.29, 1.82) is 0 Å².